The van der Waals surface area contributed by atoms with Crippen molar-refractivity contribution in [2.75, 3.05) is 17.5 Å². The molecule has 3 aliphatic rings. The number of hydrogen-bond donors (Lipinski definition) is 0. The monoisotopic (exact) mass is 620 g/mol. The summed E-state index contributed by atoms with van der Waals surface area (Å²) in [5.74, 6) is -2.33. The zero-order valence-electron chi connectivity index (χ0n) is 21.9. The van der Waals surface area contributed by atoms with E-state index in [0.717, 1.165) is 40.4 Å². The zero-order chi connectivity index (χ0) is 28.9. The van der Waals surface area contributed by atoms with Gasteiger partial charge in [-0.25, -0.2) is 17.2 Å². The first-order valence-corrected chi connectivity index (χ1v) is 15.8. The van der Waals surface area contributed by atoms with E-state index in [-0.39, 0.29) is 25.0 Å². The molecule has 216 valence electrons. The Balaban J connectivity index is 1.47. The van der Waals surface area contributed by atoms with Crippen molar-refractivity contribution in [2.24, 2.45) is 5.92 Å². The molecular weight excluding hydrogens is 593 g/mol. The van der Waals surface area contributed by atoms with Gasteiger partial charge in [-0.15, -0.1) is 0 Å². The maximum atomic E-state index is 15.1. The molecule has 1 saturated heterocycles. The van der Waals surface area contributed by atoms with E-state index in [4.69, 9.17) is 27.9 Å². The minimum Gasteiger partial charge on any atom is -0.361 e. The molecule has 6 rings (SSSR count). The van der Waals surface area contributed by atoms with Crippen molar-refractivity contribution in [2.45, 2.75) is 49.1 Å². The minimum absolute atomic E-state index is 0.0569. The molecule has 1 aliphatic heterocycles. The number of carbonyl (C=O) groups excluding carboxylic acids is 1. The second-order valence-electron chi connectivity index (χ2n) is 10.8. The van der Waals surface area contributed by atoms with Crippen LogP contribution in [-0.2, 0) is 19.6 Å². The van der Waals surface area contributed by atoms with Gasteiger partial charge in [0, 0.05) is 10.0 Å². The normalized spacial score (nSPS) is 22.0. The van der Waals surface area contributed by atoms with E-state index >= 15 is 8.78 Å². The lowest BCUT2D eigenvalue weighted by Gasteiger charge is -2.47. The summed E-state index contributed by atoms with van der Waals surface area (Å²) >= 11 is 12.5. The van der Waals surface area contributed by atoms with Gasteiger partial charge in [-0.3, -0.25) is 9.10 Å². The number of para-hydroxylation sites is 1. The van der Waals surface area contributed by atoms with E-state index in [1.54, 1.807) is 47.4 Å². The number of morpholine rings is 1. The Morgan fingerprint density at radius 2 is 1.56 bits per heavy atom. The Kier molecular flexibility index (Phi) is 7.74. The Hall–Kier alpha value is -2.72. The Bertz CT molecular complexity index is 1540. The first kappa shape index (κ1) is 28.4. The van der Waals surface area contributed by atoms with Crippen LogP contribution in [0.25, 0.3) is 0 Å². The Labute approximate surface area is 247 Å². The zero-order valence-corrected chi connectivity index (χ0v) is 24.3. The summed E-state index contributed by atoms with van der Waals surface area (Å²) in [5.41, 5.74) is 0.860. The molecule has 3 aromatic carbocycles. The summed E-state index contributed by atoms with van der Waals surface area (Å²) in [4.78, 5) is 15.4. The highest BCUT2D eigenvalue weighted by Crippen LogP contribution is 2.47. The van der Waals surface area contributed by atoms with Gasteiger partial charge in [0.25, 0.3) is 0 Å². The van der Waals surface area contributed by atoms with Crippen molar-refractivity contribution >= 4 is 44.8 Å². The highest BCUT2D eigenvalue weighted by atomic mass is 35.5. The van der Waals surface area contributed by atoms with Crippen molar-refractivity contribution in [3.63, 3.8) is 0 Å². The SMILES string of the molecule is O=C1COC(c2cccc(Cl)c2)C(c2ccc(Cl)cc2)N1C(CN(c1c(F)cccc1F)S(=O)(=O)C1CC1)C1CC1. The van der Waals surface area contributed by atoms with Crippen LogP contribution in [0.15, 0.2) is 66.7 Å². The fourth-order valence-corrected chi connectivity index (χ4v) is 7.89. The van der Waals surface area contributed by atoms with Gasteiger partial charge in [0.05, 0.1) is 23.9 Å². The van der Waals surface area contributed by atoms with Crippen molar-refractivity contribution < 1.29 is 26.7 Å². The Morgan fingerprint density at radius 3 is 2.17 bits per heavy atom. The molecule has 6 nitrogen and oxygen atoms in total. The molecule has 3 fully saturated rings. The predicted molar refractivity (Wildman–Crippen MR) is 153 cm³/mol. The van der Waals surface area contributed by atoms with Gasteiger partial charge in [0.2, 0.25) is 15.9 Å². The number of anilines is 1. The highest BCUT2D eigenvalue weighted by molar-refractivity contribution is 7.93. The van der Waals surface area contributed by atoms with Gasteiger partial charge < -0.3 is 9.64 Å². The Morgan fingerprint density at radius 1 is 0.902 bits per heavy atom. The molecule has 0 spiro atoms. The van der Waals surface area contributed by atoms with Crippen LogP contribution in [0.2, 0.25) is 10.0 Å². The molecule has 1 amide bonds. The van der Waals surface area contributed by atoms with E-state index in [2.05, 4.69) is 0 Å². The van der Waals surface area contributed by atoms with Gasteiger partial charge in [0.15, 0.2) is 11.6 Å². The molecule has 11 heteroatoms. The van der Waals surface area contributed by atoms with Gasteiger partial charge in [0.1, 0.15) is 18.4 Å². The molecule has 3 unspecified atom stereocenters. The van der Waals surface area contributed by atoms with Crippen LogP contribution in [0.1, 0.15) is 49.0 Å². The summed E-state index contributed by atoms with van der Waals surface area (Å²) < 4.78 is 64.6. The third-order valence-electron chi connectivity index (χ3n) is 7.97. The first-order valence-electron chi connectivity index (χ1n) is 13.5. The largest absolute Gasteiger partial charge is 0.361 e. The summed E-state index contributed by atoms with van der Waals surface area (Å²) in [7, 11) is -4.09. The number of amides is 1. The first-order chi connectivity index (χ1) is 19.6. The number of rotatable bonds is 9. The predicted octanol–water partition coefficient (Wildman–Crippen LogP) is 6.69. The van der Waals surface area contributed by atoms with Crippen molar-refractivity contribution in [1.82, 2.24) is 4.90 Å². The third kappa shape index (κ3) is 5.69. The molecule has 2 saturated carbocycles. The number of sulfonamides is 1. The summed E-state index contributed by atoms with van der Waals surface area (Å²) in [6.45, 7) is -0.520. The van der Waals surface area contributed by atoms with E-state index in [0.29, 0.717) is 22.9 Å². The second kappa shape index (κ2) is 11.2. The number of hydrogen-bond acceptors (Lipinski definition) is 4. The molecule has 1 heterocycles. The van der Waals surface area contributed by atoms with Crippen LogP contribution in [0.5, 0.6) is 0 Å². The van der Waals surface area contributed by atoms with Crippen molar-refractivity contribution in [3.8, 4) is 0 Å². The van der Waals surface area contributed by atoms with Gasteiger partial charge in [-0.1, -0.05) is 53.5 Å². The van der Waals surface area contributed by atoms with E-state index in [1.165, 1.54) is 6.07 Å². The van der Waals surface area contributed by atoms with E-state index < -0.39 is 50.8 Å². The van der Waals surface area contributed by atoms with Crippen LogP contribution in [0.3, 0.4) is 0 Å². The number of nitrogens with zero attached hydrogens (tertiary/aromatic N) is 2. The maximum absolute atomic E-state index is 15.1. The van der Waals surface area contributed by atoms with Crippen molar-refractivity contribution in [3.05, 3.63) is 99.5 Å². The molecule has 2 aliphatic carbocycles. The van der Waals surface area contributed by atoms with E-state index in [1.807, 2.05) is 6.07 Å². The van der Waals surface area contributed by atoms with Crippen molar-refractivity contribution in [1.29, 1.82) is 0 Å². The third-order valence-corrected chi connectivity index (χ3v) is 10.7. The van der Waals surface area contributed by atoms with E-state index in [9.17, 15) is 13.2 Å². The molecule has 3 atom stereocenters. The van der Waals surface area contributed by atoms with Gasteiger partial charge in [-0.2, -0.15) is 0 Å². The van der Waals surface area contributed by atoms with Crippen LogP contribution in [0.4, 0.5) is 14.5 Å². The lowest BCUT2D eigenvalue weighted by molar-refractivity contribution is -0.163. The van der Waals surface area contributed by atoms with Crippen LogP contribution >= 0.6 is 23.2 Å². The van der Waals surface area contributed by atoms with Crippen LogP contribution < -0.4 is 4.31 Å². The average molecular weight is 622 g/mol. The molecule has 0 N–H and O–H groups in total. The second-order valence-corrected chi connectivity index (χ2v) is 13.8. The fraction of sp³-hybridized carbons (Fsp3) is 0.367. The average Bonchev–Trinajstić information content (AvgIpc) is 3.85. The number of halogens is 4. The molecule has 0 radical (unpaired) electrons. The topological polar surface area (TPSA) is 66.9 Å². The summed E-state index contributed by atoms with van der Waals surface area (Å²) in [6.07, 6.45) is 1.71. The molecule has 3 aromatic rings. The summed E-state index contributed by atoms with van der Waals surface area (Å²) in [5, 5.41) is 0.297. The van der Waals surface area contributed by atoms with Crippen LogP contribution in [0, 0.1) is 17.6 Å². The fourth-order valence-electron chi connectivity index (χ4n) is 5.69. The number of ether oxygens (including phenoxy) is 1. The van der Waals surface area contributed by atoms with Crippen LogP contribution in [-0.4, -0.2) is 43.7 Å². The highest BCUT2D eigenvalue weighted by Gasteiger charge is 2.50. The standard InChI is InChI=1S/C30H28Cl2F2N2O4S/c31-21-11-9-19(10-12-21)28-30(20-3-1-4-22(32)15-20)40-17-27(37)36(28)26(18-7-8-18)16-35(41(38,39)23-13-14-23)29-24(33)5-2-6-25(29)34/h1-6,9-12,15,18,23,26,28,30H,7-8,13-14,16-17H2. The molecule has 0 bridgehead atoms. The molecular formula is C30H28Cl2F2N2O4S. The van der Waals surface area contributed by atoms with Gasteiger partial charge >= 0.3 is 0 Å². The smallest absolute Gasteiger partial charge is 0.249 e. The maximum Gasteiger partial charge on any atom is 0.249 e. The lowest BCUT2D eigenvalue weighted by atomic mass is 9.90. The summed E-state index contributed by atoms with van der Waals surface area (Å²) in [6, 6.07) is 16.2. The number of benzene rings is 3. The lowest BCUT2D eigenvalue weighted by Crippen LogP contribution is -2.56. The minimum atomic E-state index is -4.09. The quantitative estimate of drug-likeness (QED) is 0.267. The number of carbonyl (C=O) groups is 1. The molecule has 0 aromatic heterocycles. The molecule has 41 heavy (non-hydrogen) atoms. The van der Waals surface area contributed by atoms with Gasteiger partial charge in [-0.05, 0) is 79.1 Å².